The van der Waals surface area contributed by atoms with E-state index in [4.69, 9.17) is 33.7 Å². The van der Waals surface area contributed by atoms with Gasteiger partial charge in [-0.3, -0.25) is 4.79 Å². The van der Waals surface area contributed by atoms with Crippen LogP contribution in [-0.2, 0) is 10.6 Å². The summed E-state index contributed by atoms with van der Waals surface area (Å²) in [6.07, 6.45) is 0. The smallest absolute Gasteiger partial charge is 0.338 e. The molecule has 0 saturated heterocycles. The molecule has 0 heterocycles. The quantitative estimate of drug-likeness (QED) is 0.400. The van der Waals surface area contributed by atoms with Gasteiger partial charge in [0.15, 0.2) is 5.78 Å². The zero-order valence-corrected chi connectivity index (χ0v) is 13.2. The summed E-state index contributed by atoms with van der Waals surface area (Å²) in [6.45, 7) is 0. The van der Waals surface area contributed by atoms with Gasteiger partial charge in [-0.25, -0.2) is 4.79 Å². The molecule has 0 unspecified atom stereocenters. The highest BCUT2D eigenvalue weighted by Crippen LogP contribution is 2.27. The number of carbonyl (C=O) groups excluding carboxylic acids is 2. The molecule has 22 heavy (non-hydrogen) atoms. The van der Waals surface area contributed by atoms with Crippen LogP contribution in [0.3, 0.4) is 0 Å². The van der Waals surface area contributed by atoms with Gasteiger partial charge in [0.05, 0.1) is 18.2 Å². The molecule has 0 radical (unpaired) electrons. The minimum Gasteiger partial charge on any atom is -0.465 e. The number of methoxy groups -OCH3 is 1. The fraction of sp³-hybridized carbons (Fsp3) is 0.125. The Morgan fingerprint density at radius 2 is 1.95 bits per heavy atom. The molecule has 6 heteroatoms. The van der Waals surface area contributed by atoms with Crippen LogP contribution in [0, 0.1) is 0 Å². The third kappa shape index (κ3) is 3.24. The predicted molar refractivity (Wildman–Crippen MR) is 86.6 cm³/mol. The Bertz CT molecular complexity index is 744. The second-order valence-electron chi connectivity index (χ2n) is 4.57. The van der Waals surface area contributed by atoms with Crippen LogP contribution in [0.1, 0.15) is 31.8 Å². The molecule has 0 aliphatic carbocycles. The van der Waals surface area contributed by atoms with Crippen LogP contribution in [0.5, 0.6) is 0 Å². The summed E-state index contributed by atoms with van der Waals surface area (Å²) in [6, 6.07) is 9.60. The van der Waals surface area contributed by atoms with E-state index in [1.807, 2.05) is 0 Å². The Labute approximate surface area is 137 Å². The Kier molecular flexibility index (Phi) is 5.06. The Morgan fingerprint density at radius 3 is 2.59 bits per heavy atom. The average Bonchev–Trinajstić information content (AvgIpc) is 2.52. The largest absolute Gasteiger partial charge is 0.465 e. The van der Waals surface area contributed by atoms with E-state index in [-0.39, 0.29) is 33.5 Å². The molecule has 2 aromatic rings. The number of halogens is 2. The van der Waals surface area contributed by atoms with E-state index in [2.05, 4.69) is 0 Å². The van der Waals surface area contributed by atoms with Gasteiger partial charge in [-0.2, -0.15) is 0 Å². The lowest BCUT2D eigenvalue weighted by Crippen LogP contribution is -2.14. The number of esters is 1. The molecule has 0 spiro atoms. The predicted octanol–water partition coefficient (Wildman–Crippen LogP) is 3.68. The monoisotopic (exact) mass is 337 g/mol. The maximum atomic E-state index is 12.7. The first-order valence-corrected chi connectivity index (χ1v) is 7.26. The molecule has 0 bridgehead atoms. The number of nitrogen functional groups attached to an aromatic ring is 1. The number of hydrogen-bond acceptors (Lipinski definition) is 4. The van der Waals surface area contributed by atoms with Crippen molar-refractivity contribution in [2.75, 3.05) is 12.8 Å². The minimum atomic E-state index is -0.675. The summed E-state index contributed by atoms with van der Waals surface area (Å²) in [5.74, 6) is -0.784. The number of hydrogen-bond donors (Lipinski definition) is 1. The molecule has 0 atom stereocenters. The van der Waals surface area contributed by atoms with Crippen molar-refractivity contribution in [1.82, 2.24) is 0 Å². The summed E-state index contributed by atoms with van der Waals surface area (Å²) < 4.78 is 4.69. The van der Waals surface area contributed by atoms with Crippen molar-refractivity contribution in [2.24, 2.45) is 0 Å². The lowest BCUT2D eigenvalue weighted by atomic mass is 9.96. The summed E-state index contributed by atoms with van der Waals surface area (Å²) >= 11 is 11.7. The van der Waals surface area contributed by atoms with Gasteiger partial charge in [-0.05, 0) is 23.8 Å². The molecule has 0 aromatic heterocycles. The molecule has 2 N–H and O–H groups in total. The van der Waals surface area contributed by atoms with Gasteiger partial charge in [0, 0.05) is 22.2 Å². The van der Waals surface area contributed by atoms with Crippen LogP contribution in [0.4, 0.5) is 5.69 Å². The zero-order valence-electron chi connectivity index (χ0n) is 11.7. The molecule has 4 nitrogen and oxygen atoms in total. The number of benzene rings is 2. The number of ketones is 1. The molecule has 114 valence electrons. The molecule has 0 aliphatic heterocycles. The van der Waals surface area contributed by atoms with Crippen molar-refractivity contribution in [2.45, 2.75) is 5.88 Å². The average molecular weight is 338 g/mol. The highest BCUT2D eigenvalue weighted by molar-refractivity contribution is 6.32. The molecule has 0 amide bonds. The summed E-state index contributed by atoms with van der Waals surface area (Å²) in [5.41, 5.74) is 7.29. The molecule has 2 rings (SSSR count). The van der Waals surface area contributed by atoms with E-state index in [0.717, 1.165) is 5.56 Å². The molecule has 0 aliphatic rings. The fourth-order valence-electron chi connectivity index (χ4n) is 2.09. The van der Waals surface area contributed by atoms with Gasteiger partial charge in [0.2, 0.25) is 0 Å². The number of rotatable bonds is 4. The first-order valence-electron chi connectivity index (χ1n) is 6.35. The van der Waals surface area contributed by atoms with Crippen LogP contribution in [-0.4, -0.2) is 18.9 Å². The summed E-state index contributed by atoms with van der Waals surface area (Å²) in [7, 11) is 1.22. The van der Waals surface area contributed by atoms with E-state index in [1.54, 1.807) is 24.3 Å². The van der Waals surface area contributed by atoms with Crippen LogP contribution >= 0.6 is 23.2 Å². The lowest BCUT2D eigenvalue weighted by Gasteiger charge is -2.11. The summed E-state index contributed by atoms with van der Waals surface area (Å²) in [5, 5.41) is 0.254. The van der Waals surface area contributed by atoms with Gasteiger partial charge < -0.3 is 10.5 Å². The first-order chi connectivity index (χ1) is 10.5. The third-order valence-electron chi connectivity index (χ3n) is 3.11. The maximum absolute atomic E-state index is 12.7. The molecule has 0 saturated carbocycles. The standard InChI is InChI=1S/C16H13Cl2NO3/c1-22-16(21)12-6-11(18)7-13(19)14(12)15(20)10-4-2-3-9(5-10)8-17/h2-7H,8,19H2,1H3. The molecule has 0 fully saturated rings. The Morgan fingerprint density at radius 1 is 1.23 bits per heavy atom. The van der Waals surface area contributed by atoms with Crippen molar-refractivity contribution >= 4 is 40.6 Å². The number of carbonyl (C=O) groups is 2. The van der Waals surface area contributed by atoms with Crippen molar-refractivity contribution < 1.29 is 14.3 Å². The van der Waals surface area contributed by atoms with Gasteiger partial charge >= 0.3 is 5.97 Å². The first kappa shape index (κ1) is 16.3. The van der Waals surface area contributed by atoms with E-state index >= 15 is 0 Å². The van der Waals surface area contributed by atoms with Gasteiger partial charge in [-0.1, -0.05) is 29.8 Å². The van der Waals surface area contributed by atoms with E-state index in [1.165, 1.54) is 19.2 Å². The Hall–Kier alpha value is -2.04. The number of alkyl halides is 1. The van der Waals surface area contributed by atoms with Crippen LogP contribution in [0.15, 0.2) is 36.4 Å². The number of nitrogens with two attached hydrogens (primary N) is 1. The van der Waals surface area contributed by atoms with Crippen molar-refractivity contribution in [3.63, 3.8) is 0 Å². The highest BCUT2D eigenvalue weighted by Gasteiger charge is 2.23. The van der Waals surface area contributed by atoms with Gasteiger partial charge in [-0.15, -0.1) is 11.6 Å². The molecule has 2 aromatic carbocycles. The van der Waals surface area contributed by atoms with Crippen molar-refractivity contribution in [1.29, 1.82) is 0 Å². The summed E-state index contributed by atoms with van der Waals surface area (Å²) in [4.78, 5) is 24.6. The second-order valence-corrected chi connectivity index (χ2v) is 5.28. The molecular weight excluding hydrogens is 325 g/mol. The van der Waals surface area contributed by atoms with Crippen LogP contribution in [0.2, 0.25) is 5.02 Å². The lowest BCUT2D eigenvalue weighted by molar-refractivity contribution is 0.0597. The SMILES string of the molecule is COC(=O)c1cc(Cl)cc(N)c1C(=O)c1cccc(CCl)c1. The van der Waals surface area contributed by atoms with Gasteiger partial charge in [0.1, 0.15) is 0 Å². The van der Waals surface area contributed by atoms with Crippen molar-refractivity contribution in [3.05, 3.63) is 63.7 Å². The number of ether oxygens (including phenoxy) is 1. The van der Waals surface area contributed by atoms with Gasteiger partial charge in [0.25, 0.3) is 0 Å². The topological polar surface area (TPSA) is 69.4 Å². The van der Waals surface area contributed by atoms with E-state index in [9.17, 15) is 9.59 Å². The fourth-order valence-corrected chi connectivity index (χ4v) is 2.49. The zero-order chi connectivity index (χ0) is 16.3. The Balaban J connectivity index is 2.60. The van der Waals surface area contributed by atoms with Crippen LogP contribution < -0.4 is 5.73 Å². The van der Waals surface area contributed by atoms with E-state index < -0.39 is 5.97 Å². The number of anilines is 1. The normalized spacial score (nSPS) is 10.3. The highest BCUT2D eigenvalue weighted by atomic mass is 35.5. The second kappa shape index (κ2) is 6.81. The molecular formula is C16H13Cl2NO3. The minimum absolute atomic E-state index is 0.0359. The van der Waals surface area contributed by atoms with Crippen LogP contribution in [0.25, 0.3) is 0 Å². The maximum Gasteiger partial charge on any atom is 0.338 e. The van der Waals surface area contributed by atoms with E-state index in [0.29, 0.717) is 5.56 Å². The third-order valence-corrected chi connectivity index (χ3v) is 3.64. The van der Waals surface area contributed by atoms with Crippen molar-refractivity contribution in [3.8, 4) is 0 Å².